The average molecular weight is 262 g/mol. The van der Waals surface area contributed by atoms with E-state index in [1.807, 2.05) is 0 Å². The quantitative estimate of drug-likeness (QED) is 0.623. The van der Waals surface area contributed by atoms with E-state index >= 15 is 0 Å². The van der Waals surface area contributed by atoms with Gasteiger partial charge in [0.1, 0.15) is 18.1 Å². The highest BCUT2D eigenvalue weighted by molar-refractivity contribution is 5.71. The number of nitrogen functional groups attached to an aromatic ring is 1. The fourth-order valence-electron chi connectivity index (χ4n) is 1.36. The fraction of sp³-hybridized carbons (Fsp3) is 0.250. The van der Waals surface area contributed by atoms with E-state index in [0.29, 0.717) is 17.1 Å². The van der Waals surface area contributed by atoms with Crippen LogP contribution in [0.5, 0.6) is 5.75 Å². The summed E-state index contributed by atoms with van der Waals surface area (Å²) in [6, 6.07) is 6.76. The molecule has 19 heavy (non-hydrogen) atoms. The zero-order chi connectivity index (χ0) is 13.7. The molecule has 0 atom stereocenters. The van der Waals surface area contributed by atoms with Crippen LogP contribution >= 0.6 is 0 Å². The third kappa shape index (κ3) is 3.98. The van der Waals surface area contributed by atoms with E-state index in [4.69, 9.17) is 15.2 Å². The van der Waals surface area contributed by atoms with Crippen LogP contribution in [0.4, 0.5) is 5.69 Å². The highest BCUT2D eigenvalue weighted by Crippen LogP contribution is 2.12. The molecule has 0 unspecified atom stereocenters. The van der Waals surface area contributed by atoms with Crippen molar-refractivity contribution in [2.45, 2.75) is 6.61 Å². The Balaban J connectivity index is 1.74. The van der Waals surface area contributed by atoms with Crippen LogP contribution < -0.4 is 10.5 Å². The normalized spacial score (nSPS) is 10.2. The number of hydrogen-bond donors (Lipinski definition) is 1. The molecule has 0 spiro atoms. The highest BCUT2D eigenvalue weighted by Gasteiger charge is 2.06. The molecule has 0 radical (unpaired) electrons. The van der Waals surface area contributed by atoms with E-state index in [2.05, 4.69) is 10.3 Å². The number of aromatic nitrogens is 3. The topological polar surface area (TPSA) is 92.3 Å². The number of carbonyl (C=O) groups excluding carboxylic acids is 1. The van der Waals surface area contributed by atoms with Gasteiger partial charge in [0.25, 0.3) is 0 Å². The lowest BCUT2D eigenvalue weighted by Gasteiger charge is -2.06. The number of anilines is 1. The largest absolute Gasteiger partial charge is 0.482 e. The van der Waals surface area contributed by atoms with Gasteiger partial charge in [0, 0.05) is 12.7 Å². The van der Waals surface area contributed by atoms with E-state index in [0.717, 1.165) is 0 Å². The summed E-state index contributed by atoms with van der Waals surface area (Å²) in [4.78, 5) is 11.4. The number of carbonyl (C=O) groups is 1. The van der Waals surface area contributed by atoms with Gasteiger partial charge >= 0.3 is 5.97 Å². The predicted molar refractivity (Wildman–Crippen MR) is 67.1 cm³/mol. The Morgan fingerprint density at radius 3 is 2.74 bits per heavy atom. The number of aryl methyl sites for hydroxylation is 1. The maximum absolute atomic E-state index is 11.4. The number of benzene rings is 1. The smallest absolute Gasteiger partial charge is 0.344 e. The SMILES string of the molecule is Cn1cc(COC(=O)COc2ccc(N)cc2)nn1. The molecule has 0 aliphatic rings. The molecule has 0 amide bonds. The van der Waals surface area contributed by atoms with Crippen LogP contribution in [0.2, 0.25) is 0 Å². The lowest BCUT2D eigenvalue weighted by atomic mass is 10.3. The first kappa shape index (κ1) is 12.9. The molecular weight excluding hydrogens is 248 g/mol. The van der Waals surface area contributed by atoms with Crippen LogP contribution in [0.15, 0.2) is 30.5 Å². The van der Waals surface area contributed by atoms with E-state index < -0.39 is 5.97 Å². The molecule has 0 aliphatic carbocycles. The first-order valence-corrected chi connectivity index (χ1v) is 5.62. The van der Waals surface area contributed by atoms with Crippen molar-refractivity contribution in [3.05, 3.63) is 36.2 Å². The van der Waals surface area contributed by atoms with E-state index in [9.17, 15) is 4.79 Å². The van der Waals surface area contributed by atoms with E-state index in [1.165, 1.54) is 4.68 Å². The summed E-state index contributed by atoms with van der Waals surface area (Å²) in [7, 11) is 1.74. The molecule has 0 saturated heterocycles. The fourth-order valence-corrected chi connectivity index (χ4v) is 1.36. The number of nitrogens with two attached hydrogens (primary N) is 1. The summed E-state index contributed by atoms with van der Waals surface area (Å²) in [6.07, 6.45) is 1.67. The molecule has 0 saturated carbocycles. The monoisotopic (exact) mass is 262 g/mol. The Morgan fingerprint density at radius 1 is 1.37 bits per heavy atom. The van der Waals surface area contributed by atoms with E-state index in [1.54, 1.807) is 37.5 Å². The van der Waals surface area contributed by atoms with Gasteiger partial charge in [-0.05, 0) is 24.3 Å². The second-order valence-electron chi connectivity index (χ2n) is 3.90. The van der Waals surface area contributed by atoms with Crippen molar-refractivity contribution in [1.82, 2.24) is 15.0 Å². The van der Waals surface area contributed by atoms with Gasteiger partial charge in [-0.2, -0.15) is 0 Å². The van der Waals surface area contributed by atoms with Crippen LogP contribution in [0, 0.1) is 0 Å². The summed E-state index contributed by atoms with van der Waals surface area (Å²) < 4.78 is 11.8. The molecule has 7 nitrogen and oxygen atoms in total. The molecule has 0 aliphatic heterocycles. The van der Waals surface area contributed by atoms with Crippen LogP contribution in [0.3, 0.4) is 0 Å². The number of hydrogen-bond acceptors (Lipinski definition) is 6. The van der Waals surface area contributed by atoms with Gasteiger partial charge < -0.3 is 15.2 Å². The van der Waals surface area contributed by atoms with Crippen LogP contribution in [0.1, 0.15) is 5.69 Å². The maximum atomic E-state index is 11.4. The Bertz CT molecular complexity index is 550. The summed E-state index contributed by atoms with van der Waals surface area (Å²) in [5, 5.41) is 7.53. The van der Waals surface area contributed by atoms with Crippen molar-refractivity contribution in [3.8, 4) is 5.75 Å². The van der Waals surface area contributed by atoms with Gasteiger partial charge in [-0.25, -0.2) is 4.79 Å². The minimum atomic E-state index is -0.470. The van der Waals surface area contributed by atoms with Crippen molar-refractivity contribution < 1.29 is 14.3 Å². The lowest BCUT2D eigenvalue weighted by Crippen LogP contribution is -2.14. The molecular formula is C12H14N4O3. The average Bonchev–Trinajstić information content (AvgIpc) is 2.81. The first-order valence-electron chi connectivity index (χ1n) is 5.62. The minimum Gasteiger partial charge on any atom is -0.482 e. The molecule has 1 aromatic carbocycles. The van der Waals surface area contributed by atoms with Crippen molar-refractivity contribution in [2.75, 3.05) is 12.3 Å². The summed E-state index contributed by atoms with van der Waals surface area (Å²) in [6.45, 7) is -0.0814. The number of nitrogens with zero attached hydrogens (tertiary/aromatic N) is 3. The van der Waals surface area contributed by atoms with Gasteiger partial charge in [0.2, 0.25) is 0 Å². The highest BCUT2D eigenvalue weighted by atomic mass is 16.6. The van der Waals surface area contributed by atoms with Gasteiger partial charge in [0.15, 0.2) is 6.61 Å². The summed E-state index contributed by atoms with van der Waals surface area (Å²) in [5.41, 5.74) is 6.76. The first-order chi connectivity index (χ1) is 9.13. The molecule has 2 rings (SSSR count). The summed E-state index contributed by atoms with van der Waals surface area (Å²) >= 11 is 0. The van der Waals surface area contributed by atoms with Crippen molar-refractivity contribution in [2.24, 2.45) is 7.05 Å². The second-order valence-corrected chi connectivity index (χ2v) is 3.90. The lowest BCUT2D eigenvalue weighted by molar-refractivity contribution is -0.147. The predicted octanol–water partition coefficient (Wildman–Crippen LogP) is 0.519. The van der Waals surface area contributed by atoms with Crippen LogP contribution in [0.25, 0.3) is 0 Å². The standard InChI is InChI=1S/C12H14N4O3/c1-16-6-10(14-15-16)7-19-12(17)8-18-11-4-2-9(13)3-5-11/h2-6H,7-8,13H2,1H3. The zero-order valence-corrected chi connectivity index (χ0v) is 10.4. The van der Waals surface area contributed by atoms with Gasteiger partial charge in [0.05, 0.1) is 6.20 Å². The van der Waals surface area contributed by atoms with Gasteiger partial charge in [-0.1, -0.05) is 5.21 Å². The zero-order valence-electron chi connectivity index (χ0n) is 10.4. The Kier molecular flexibility index (Phi) is 3.97. The second kappa shape index (κ2) is 5.85. The molecule has 1 aromatic heterocycles. The van der Waals surface area contributed by atoms with Gasteiger partial charge in [-0.15, -0.1) is 5.10 Å². The molecule has 1 heterocycles. The summed E-state index contributed by atoms with van der Waals surface area (Å²) in [5.74, 6) is 0.0909. The molecule has 0 bridgehead atoms. The van der Waals surface area contributed by atoms with E-state index in [-0.39, 0.29) is 13.2 Å². The Hall–Kier alpha value is -2.57. The Morgan fingerprint density at radius 2 is 2.11 bits per heavy atom. The molecule has 2 N–H and O–H groups in total. The van der Waals surface area contributed by atoms with Crippen LogP contribution in [-0.4, -0.2) is 27.6 Å². The third-order valence-electron chi connectivity index (χ3n) is 2.27. The number of ether oxygens (including phenoxy) is 2. The van der Waals surface area contributed by atoms with Crippen LogP contribution in [-0.2, 0) is 23.2 Å². The number of rotatable bonds is 5. The van der Waals surface area contributed by atoms with Crippen molar-refractivity contribution in [1.29, 1.82) is 0 Å². The minimum absolute atomic E-state index is 0.0811. The van der Waals surface area contributed by atoms with Crippen molar-refractivity contribution >= 4 is 11.7 Å². The Labute approximate surface area is 109 Å². The van der Waals surface area contributed by atoms with Gasteiger partial charge in [-0.3, -0.25) is 4.68 Å². The molecule has 7 heteroatoms. The number of esters is 1. The van der Waals surface area contributed by atoms with Crippen molar-refractivity contribution in [3.63, 3.8) is 0 Å². The third-order valence-corrected chi connectivity index (χ3v) is 2.27. The maximum Gasteiger partial charge on any atom is 0.344 e. The molecule has 2 aromatic rings. The molecule has 0 fully saturated rings. The molecule has 100 valence electrons.